The highest BCUT2D eigenvalue weighted by Gasteiger charge is 2.32. The van der Waals surface area contributed by atoms with Crippen LogP contribution in [0.15, 0.2) is 24.3 Å². The standard InChI is InChI=1S/C17H24N2O/c1-18-11-13-8-9-19(12-13)17(20)16-7-6-14-4-2-3-5-15(14)10-16/h2-5,13,16,18H,6-12H2,1H3. The Bertz CT molecular complexity index is 486. The van der Waals surface area contributed by atoms with Crippen LogP contribution < -0.4 is 5.32 Å². The smallest absolute Gasteiger partial charge is 0.226 e. The number of amides is 1. The van der Waals surface area contributed by atoms with Crippen molar-refractivity contribution in [1.82, 2.24) is 10.2 Å². The third kappa shape index (κ3) is 2.73. The van der Waals surface area contributed by atoms with Gasteiger partial charge in [-0.1, -0.05) is 24.3 Å². The number of likely N-dealkylation sites (tertiary alicyclic amines) is 1. The summed E-state index contributed by atoms with van der Waals surface area (Å²) in [6, 6.07) is 8.58. The van der Waals surface area contributed by atoms with E-state index in [1.54, 1.807) is 0 Å². The molecule has 1 amide bonds. The van der Waals surface area contributed by atoms with E-state index in [2.05, 4.69) is 34.5 Å². The van der Waals surface area contributed by atoms with Crippen molar-refractivity contribution >= 4 is 5.91 Å². The van der Waals surface area contributed by atoms with Gasteiger partial charge >= 0.3 is 0 Å². The van der Waals surface area contributed by atoms with Gasteiger partial charge in [-0.05, 0) is 56.3 Å². The third-order valence-electron chi connectivity index (χ3n) is 4.79. The van der Waals surface area contributed by atoms with E-state index in [4.69, 9.17) is 0 Å². The summed E-state index contributed by atoms with van der Waals surface area (Å²) in [5.41, 5.74) is 2.81. The van der Waals surface area contributed by atoms with Crippen molar-refractivity contribution in [3.05, 3.63) is 35.4 Å². The fourth-order valence-corrected chi connectivity index (χ4v) is 3.65. The molecule has 2 unspecified atom stereocenters. The Labute approximate surface area is 121 Å². The zero-order valence-electron chi connectivity index (χ0n) is 12.3. The van der Waals surface area contributed by atoms with Gasteiger partial charge in [0.25, 0.3) is 0 Å². The van der Waals surface area contributed by atoms with Crippen molar-refractivity contribution in [2.45, 2.75) is 25.7 Å². The largest absolute Gasteiger partial charge is 0.342 e. The van der Waals surface area contributed by atoms with E-state index in [0.29, 0.717) is 11.8 Å². The van der Waals surface area contributed by atoms with Gasteiger partial charge in [-0.15, -0.1) is 0 Å². The predicted octanol–water partition coefficient (Wildman–Crippen LogP) is 1.86. The predicted molar refractivity (Wildman–Crippen MR) is 80.6 cm³/mol. The average Bonchev–Trinajstić information content (AvgIpc) is 2.95. The van der Waals surface area contributed by atoms with Crippen molar-refractivity contribution in [2.75, 3.05) is 26.7 Å². The van der Waals surface area contributed by atoms with Crippen LogP contribution in [0.4, 0.5) is 0 Å². The van der Waals surface area contributed by atoms with E-state index in [1.807, 2.05) is 7.05 Å². The molecular weight excluding hydrogens is 248 g/mol. The zero-order chi connectivity index (χ0) is 13.9. The Morgan fingerprint density at radius 1 is 1.30 bits per heavy atom. The van der Waals surface area contributed by atoms with Crippen LogP contribution in [0.25, 0.3) is 0 Å². The lowest BCUT2D eigenvalue weighted by atomic mass is 9.83. The highest BCUT2D eigenvalue weighted by atomic mass is 16.2. The Hall–Kier alpha value is -1.35. The molecule has 0 bridgehead atoms. The maximum absolute atomic E-state index is 12.7. The summed E-state index contributed by atoms with van der Waals surface area (Å²) in [6.45, 7) is 2.92. The van der Waals surface area contributed by atoms with Crippen molar-refractivity contribution in [2.24, 2.45) is 11.8 Å². The van der Waals surface area contributed by atoms with Crippen LogP contribution >= 0.6 is 0 Å². The molecule has 3 heteroatoms. The Balaban J connectivity index is 1.62. The number of fused-ring (bicyclic) bond motifs is 1. The molecule has 1 aliphatic carbocycles. The molecule has 0 radical (unpaired) electrons. The molecule has 1 heterocycles. The maximum Gasteiger partial charge on any atom is 0.226 e. The minimum absolute atomic E-state index is 0.207. The maximum atomic E-state index is 12.7. The Morgan fingerprint density at radius 2 is 2.10 bits per heavy atom. The highest BCUT2D eigenvalue weighted by Crippen LogP contribution is 2.28. The van der Waals surface area contributed by atoms with Crippen molar-refractivity contribution < 1.29 is 4.79 Å². The summed E-state index contributed by atoms with van der Waals surface area (Å²) in [5, 5.41) is 3.22. The molecule has 1 fully saturated rings. The molecule has 3 nitrogen and oxygen atoms in total. The van der Waals surface area contributed by atoms with Crippen LogP contribution in [0.3, 0.4) is 0 Å². The number of hydrogen-bond donors (Lipinski definition) is 1. The van der Waals surface area contributed by atoms with Crippen LogP contribution in [0.5, 0.6) is 0 Å². The third-order valence-corrected chi connectivity index (χ3v) is 4.79. The Kier molecular flexibility index (Phi) is 4.06. The van der Waals surface area contributed by atoms with Gasteiger partial charge in [-0.3, -0.25) is 4.79 Å². The summed E-state index contributed by atoms with van der Waals surface area (Å²) >= 11 is 0. The molecule has 1 N–H and O–H groups in total. The lowest BCUT2D eigenvalue weighted by Gasteiger charge is -2.28. The average molecular weight is 272 g/mol. The van der Waals surface area contributed by atoms with E-state index in [1.165, 1.54) is 11.1 Å². The normalized spacial score (nSPS) is 25.6. The van der Waals surface area contributed by atoms with Gasteiger partial charge in [-0.2, -0.15) is 0 Å². The van der Waals surface area contributed by atoms with Crippen LogP contribution in [0.2, 0.25) is 0 Å². The highest BCUT2D eigenvalue weighted by molar-refractivity contribution is 5.79. The van der Waals surface area contributed by atoms with Crippen molar-refractivity contribution in [1.29, 1.82) is 0 Å². The molecule has 3 rings (SSSR count). The van der Waals surface area contributed by atoms with Gasteiger partial charge in [0.05, 0.1) is 0 Å². The quantitative estimate of drug-likeness (QED) is 0.911. The molecule has 0 saturated carbocycles. The molecule has 2 atom stereocenters. The lowest BCUT2D eigenvalue weighted by molar-refractivity contribution is -0.134. The van der Waals surface area contributed by atoms with E-state index in [9.17, 15) is 4.79 Å². The zero-order valence-corrected chi connectivity index (χ0v) is 12.3. The van der Waals surface area contributed by atoms with Gasteiger partial charge in [-0.25, -0.2) is 0 Å². The first-order valence-corrected chi connectivity index (χ1v) is 7.78. The first-order valence-electron chi connectivity index (χ1n) is 7.78. The lowest BCUT2D eigenvalue weighted by Crippen LogP contribution is -2.37. The van der Waals surface area contributed by atoms with Crippen molar-refractivity contribution in [3.8, 4) is 0 Å². The second kappa shape index (κ2) is 5.96. The molecule has 20 heavy (non-hydrogen) atoms. The van der Waals surface area contributed by atoms with Crippen LogP contribution in [-0.2, 0) is 17.6 Å². The number of aryl methyl sites for hydroxylation is 1. The molecule has 108 valence electrons. The summed E-state index contributed by atoms with van der Waals surface area (Å²) in [5.74, 6) is 1.23. The first-order chi connectivity index (χ1) is 9.78. The second-order valence-electron chi connectivity index (χ2n) is 6.21. The van der Waals surface area contributed by atoms with Gasteiger partial charge in [0.15, 0.2) is 0 Å². The number of rotatable bonds is 3. The number of carbonyl (C=O) groups is 1. The molecule has 2 aliphatic rings. The topological polar surface area (TPSA) is 32.3 Å². The van der Waals surface area contributed by atoms with Crippen LogP contribution in [-0.4, -0.2) is 37.5 Å². The summed E-state index contributed by atoms with van der Waals surface area (Å²) in [7, 11) is 1.99. The number of nitrogens with zero attached hydrogens (tertiary/aromatic N) is 1. The first kappa shape index (κ1) is 13.6. The van der Waals surface area contributed by atoms with E-state index >= 15 is 0 Å². The number of carbonyl (C=O) groups excluding carboxylic acids is 1. The fourth-order valence-electron chi connectivity index (χ4n) is 3.65. The fraction of sp³-hybridized carbons (Fsp3) is 0.588. The molecule has 1 saturated heterocycles. The minimum Gasteiger partial charge on any atom is -0.342 e. The molecule has 1 aromatic rings. The van der Waals surface area contributed by atoms with E-state index in [0.717, 1.165) is 45.3 Å². The SMILES string of the molecule is CNCC1CCN(C(=O)C2CCc3ccccc3C2)C1. The van der Waals surface area contributed by atoms with E-state index < -0.39 is 0 Å². The van der Waals surface area contributed by atoms with Crippen molar-refractivity contribution in [3.63, 3.8) is 0 Å². The van der Waals surface area contributed by atoms with Gasteiger partial charge in [0.2, 0.25) is 5.91 Å². The van der Waals surface area contributed by atoms with E-state index in [-0.39, 0.29) is 5.92 Å². The molecule has 0 aromatic heterocycles. The number of nitrogens with one attached hydrogen (secondary N) is 1. The molecule has 1 aliphatic heterocycles. The minimum atomic E-state index is 0.207. The van der Waals surface area contributed by atoms with Crippen LogP contribution in [0, 0.1) is 11.8 Å². The number of benzene rings is 1. The molecular formula is C17H24N2O. The van der Waals surface area contributed by atoms with Gasteiger partial charge in [0.1, 0.15) is 0 Å². The molecule has 1 aromatic carbocycles. The number of hydrogen-bond acceptors (Lipinski definition) is 2. The van der Waals surface area contributed by atoms with Gasteiger partial charge < -0.3 is 10.2 Å². The second-order valence-corrected chi connectivity index (χ2v) is 6.21. The van der Waals surface area contributed by atoms with Gasteiger partial charge in [0, 0.05) is 19.0 Å². The summed E-state index contributed by atoms with van der Waals surface area (Å²) < 4.78 is 0. The Morgan fingerprint density at radius 3 is 2.90 bits per heavy atom. The molecule has 0 spiro atoms. The monoisotopic (exact) mass is 272 g/mol. The summed E-state index contributed by atoms with van der Waals surface area (Å²) in [4.78, 5) is 14.8. The van der Waals surface area contributed by atoms with Crippen LogP contribution in [0.1, 0.15) is 24.0 Å². The summed E-state index contributed by atoms with van der Waals surface area (Å²) in [6.07, 6.45) is 4.15.